The molecule has 2 unspecified atom stereocenters. The van der Waals surface area contributed by atoms with E-state index in [1.807, 2.05) is 6.07 Å². The molecule has 1 aromatic rings. The van der Waals surface area contributed by atoms with Gasteiger partial charge in [0, 0.05) is 15.6 Å². The molecule has 84 valence electrons. The van der Waals surface area contributed by atoms with E-state index in [0.717, 1.165) is 5.56 Å². The standard InChI is InChI=1S/C12H10Cl2O2/c1-2-5-15-7-11-12(16-11)9-4-3-8(13)6-10(9)14/h1,3-4,6,11-12H,5,7H2. The first kappa shape index (κ1) is 11.8. The third-order valence-corrected chi connectivity index (χ3v) is 2.88. The van der Waals surface area contributed by atoms with E-state index < -0.39 is 0 Å². The van der Waals surface area contributed by atoms with E-state index in [0.29, 0.717) is 23.3 Å². The van der Waals surface area contributed by atoms with Gasteiger partial charge in [-0.2, -0.15) is 0 Å². The second-order valence-corrected chi connectivity index (χ2v) is 4.32. The fraction of sp³-hybridized carbons (Fsp3) is 0.333. The molecule has 1 fully saturated rings. The topological polar surface area (TPSA) is 21.8 Å². The number of hydrogen-bond donors (Lipinski definition) is 0. The predicted octanol–water partition coefficient (Wildman–Crippen LogP) is 3.08. The van der Waals surface area contributed by atoms with Crippen LogP contribution in [0.4, 0.5) is 0 Å². The minimum atomic E-state index is 0.00235. The molecule has 0 spiro atoms. The number of rotatable bonds is 4. The quantitative estimate of drug-likeness (QED) is 0.469. The molecule has 0 aliphatic carbocycles. The summed E-state index contributed by atoms with van der Waals surface area (Å²) >= 11 is 11.9. The highest BCUT2D eigenvalue weighted by atomic mass is 35.5. The SMILES string of the molecule is C#CCOCC1OC1c1ccc(Cl)cc1Cl. The largest absolute Gasteiger partial charge is 0.366 e. The van der Waals surface area contributed by atoms with Crippen molar-refractivity contribution in [1.29, 1.82) is 0 Å². The summed E-state index contributed by atoms with van der Waals surface area (Å²) in [5, 5.41) is 1.24. The van der Waals surface area contributed by atoms with Crippen molar-refractivity contribution < 1.29 is 9.47 Å². The Bertz CT molecular complexity index is 426. The lowest BCUT2D eigenvalue weighted by Gasteiger charge is -2.00. The molecule has 0 saturated carbocycles. The van der Waals surface area contributed by atoms with Crippen molar-refractivity contribution in [1.82, 2.24) is 0 Å². The molecule has 1 saturated heterocycles. The number of hydrogen-bond acceptors (Lipinski definition) is 2. The van der Waals surface area contributed by atoms with Gasteiger partial charge in [-0.15, -0.1) is 6.42 Å². The highest BCUT2D eigenvalue weighted by Crippen LogP contribution is 2.42. The summed E-state index contributed by atoms with van der Waals surface area (Å²) in [6.45, 7) is 0.800. The van der Waals surface area contributed by atoms with Crippen LogP contribution in [-0.4, -0.2) is 19.3 Å². The van der Waals surface area contributed by atoms with Crippen LogP contribution in [0.2, 0.25) is 10.0 Å². The molecule has 0 aromatic heterocycles. The monoisotopic (exact) mass is 256 g/mol. The molecule has 1 aliphatic heterocycles. The summed E-state index contributed by atoms with van der Waals surface area (Å²) < 4.78 is 10.6. The van der Waals surface area contributed by atoms with Gasteiger partial charge in [0.05, 0.1) is 6.61 Å². The zero-order chi connectivity index (χ0) is 11.5. The second-order valence-electron chi connectivity index (χ2n) is 3.48. The summed E-state index contributed by atoms with van der Waals surface area (Å²) in [7, 11) is 0. The zero-order valence-corrected chi connectivity index (χ0v) is 9.96. The van der Waals surface area contributed by atoms with Gasteiger partial charge in [-0.25, -0.2) is 0 Å². The van der Waals surface area contributed by atoms with E-state index in [4.69, 9.17) is 39.1 Å². The maximum Gasteiger partial charge on any atom is 0.113 e. The number of halogens is 2. The van der Waals surface area contributed by atoms with Crippen LogP contribution >= 0.6 is 23.2 Å². The van der Waals surface area contributed by atoms with E-state index in [-0.39, 0.29) is 12.2 Å². The minimum absolute atomic E-state index is 0.00235. The maximum absolute atomic E-state index is 6.05. The summed E-state index contributed by atoms with van der Waals surface area (Å²) in [5.74, 6) is 2.40. The van der Waals surface area contributed by atoms with Crippen molar-refractivity contribution in [3.05, 3.63) is 33.8 Å². The first-order chi connectivity index (χ1) is 7.72. The molecular weight excluding hydrogens is 247 g/mol. The van der Waals surface area contributed by atoms with Gasteiger partial charge >= 0.3 is 0 Å². The van der Waals surface area contributed by atoms with Crippen LogP contribution in [0, 0.1) is 12.3 Å². The second kappa shape index (κ2) is 5.07. The molecule has 4 heteroatoms. The van der Waals surface area contributed by atoms with Gasteiger partial charge in [0.2, 0.25) is 0 Å². The van der Waals surface area contributed by atoms with E-state index >= 15 is 0 Å². The Labute approximate surface area is 104 Å². The number of ether oxygens (including phenoxy) is 2. The van der Waals surface area contributed by atoms with Gasteiger partial charge in [-0.3, -0.25) is 0 Å². The van der Waals surface area contributed by atoms with Gasteiger partial charge < -0.3 is 9.47 Å². The van der Waals surface area contributed by atoms with Crippen molar-refractivity contribution in [2.24, 2.45) is 0 Å². The average Bonchev–Trinajstić information content (AvgIpc) is 2.98. The van der Waals surface area contributed by atoms with Gasteiger partial charge in [0.1, 0.15) is 18.8 Å². The molecule has 0 N–H and O–H groups in total. The molecular formula is C12H10Cl2O2. The molecule has 0 bridgehead atoms. The molecule has 1 heterocycles. The summed E-state index contributed by atoms with van der Waals surface area (Å²) in [4.78, 5) is 0. The molecule has 2 rings (SSSR count). The Morgan fingerprint density at radius 1 is 1.44 bits per heavy atom. The fourth-order valence-corrected chi connectivity index (χ4v) is 2.03. The van der Waals surface area contributed by atoms with Crippen LogP contribution in [0.15, 0.2) is 18.2 Å². The zero-order valence-electron chi connectivity index (χ0n) is 8.45. The first-order valence-electron chi connectivity index (χ1n) is 4.84. The van der Waals surface area contributed by atoms with Crippen molar-refractivity contribution >= 4 is 23.2 Å². The van der Waals surface area contributed by atoms with E-state index in [1.54, 1.807) is 12.1 Å². The van der Waals surface area contributed by atoms with E-state index in [1.165, 1.54) is 0 Å². The normalized spacial score (nSPS) is 22.8. The Balaban J connectivity index is 1.93. The molecule has 0 amide bonds. The van der Waals surface area contributed by atoms with Crippen molar-refractivity contribution in [3.8, 4) is 12.3 Å². The lowest BCUT2D eigenvalue weighted by Crippen LogP contribution is -2.02. The summed E-state index contributed by atoms with van der Waals surface area (Å²) in [6, 6.07) is 5.37. The van der Waals surface area contributed by atoms with Crippen LogP contribution in [0.1, 0.15) is 11.7 Å². The number of terminal acetylenes is 1. The van der Waals surface area contributed by atoms with Gasteiger partial charge in [-0.1, -0.05) is 35.2 Å². The van der Waals surface area contributed by atoms with E-state index in [2.05, 4.69) is 5.92 Å². The van der Waals surface area contributed by atoms with Crippen LogP contribution in [0.3, 0.4) is 0 Å². The lowest BCUT2D eigenvalue weighted by molar-refractivity contribution is 0.145. The Hall–Kier alpha value is -0.720. The molecule has 0 radical (unpaired) electrons. The average molecular weight is 257 g/mol. The van der Waals surface area contributed by atoms with Gasteiger partial charge in [0.15, 0.2) is 0 Å². The minimum Gasteiger partial charge on any atom is -0.366 e. The van der Waals surface area contributed by atoms with Crippen molar-refractivity contribution in [2.75, 3.05) is 13.2 Å². The highest BCUT2D eigenvalue weighted by Gasteiger charge is 2.41. The maximum atomic E-state index is 6.05. The van der Waals surface area contributed by atoms with Crippen molar-refractivity contribution in [2.45, 2.75) is 12.2 Å². The first-order valence-corrected chi connectivity index (χ1v) is 5.59. The Kier molecular flexibility index (Phi) is 3.73. The van der Waals surface area contributed by atoms with Gasteiger partial charge in [0.25, 0.3) is 0 Å². The van der Waals surface area contributed by atoms with Crippen LogP contribution in [0.5, 0.6) is 0 Å². The van der Waals surface area contributed by atoms with Crippen LogP contribution in [0.25, 0.3) is 0 Å². The molecule has 1 aliphatic rings. The third kappa shape index (κ3) is 2.69. The number of benzene rings is 1. The third-order valence-electron chi connectivity index (χ3n) is 2.32. The molecule has 1 aromatic carbocycles. The predicted molar refractivity (Wildman–Crippen MR) is 63.7 cm³/mol. The molecule has 16 heavy (non-hydrogen) atoms. The number of epoxide rings is 1. The van der Waals surface area contributed by atoms with Crippen LogP contribution < -0.4 is 0 Å². The summed E-state index contributed by atoms with van der Waals surface area (Å²) in [6.07, 6.45) is 5.12. The molecule has 2 nitrogen and oxygen atoms in total. The highest BCUT2D eigenvalue weighted by molar-refractivity contribution is 6.35. The summed E-state index contributed by atoms with van der Waals surface area (Å²) in [5.41, 5.74) is 0.945. The smallest absolute Gasteiger partial charge is 0.113 e. The van der Waals surface area contributed by atoms with E-state index in [9.17, 15) is 0 Å². The van der Waals surface area contributed by atoms with Crippen LogP contribution in [-0.2, 0) is 9.47 Å². The van der Waals surface area contributed by atoms with Crippen molar-refractivity contribution in [3.63, 3.8) is 0 Å². The Morgan fingerprint density at radius 3 is 2.94 bits per heavy atom. The molecule has 2 atom stereocenters. The lowest BCUT2D eigenvalue weighted by atomic mass is 10.1. The Morgan fingerprint density at radius 2 is 2.25 bits per heavy atom. The van der Waals surface area contributed by atoms with Gasteiger partial charge in [-0.05, 0) is 12.1 Å². The fourth-order valence-electron chi connectivity index (χ4n) is 1.51.